The van der Waals surface area contributed by atoms with Crippen molar-refractivity contribution in [3.05, 3.63) is 218 Å². The molecule has 11 rings (SSSR count). The van der Waals surface area contributed by atoms with Crippen LogP contribution in [0.15, 0.2) is 218 Å². The molecule has 262 valence electrons. The van der Waals surface area contributed by atoms with E-state index in [4.69, 9.17) is 0 Å². The van der Waals surface area contributed by atoms with E-state index < -0.39 is 0 Å². The second-order valence-corrected chi connectivity index (χ2v) is 14.5. The summed E-state index contributed by atoms with van der Waals surface area (Å²) in [5, 5.41) is 5.20. The topological polar surface area (TPSA) is 7.65 Å². The first kappa shape index (κ1) is 32.0. The van der Waals surface area contributed by atoms with E-state index in [0.29, 0.717) is 0 Å². The van der Waals surface area contributed by atoms with Crippen LogP contribution in [0.2, 0.25) is 0 Å². The highest BCUT2D eigenvalue weighted by Gasteiger charge is 2.19. The standard InChI is InChI=1S/C54H36N2/c1-3-12-37(13-4-1)39-22-29-43(30-23-39)55(44-31-24-40(25-32-44)38-14-5-2-6-15-38)45-33-26-41(27-34-45)46-16-7-8-17-47(46)42-28-35-53-51(36-42)50-20-11-19-49-48-18-9-10-21-52(48)56(53)54(49)50/h1-36H. The van der Waals surface area contributed by atoms with Crippen LogP contribution >= 0.6 is 0 Å². The average Bonchev–Trinajstić information content (AvgIpc) is 3.80. The van der Waals surface area contributed by atoms with Gasteiger partial charge >= 0.3 is 0 Å². The lowest BCUT2D eigenvalue weighted by Crippen LogP contribution is -2.09. The molecule has 2 aromatic heterocycles. The summed E-state index contributed by atoms with van der Waals surface area (Å²) < 4.78 is 2.44. The van der Waals surface area contributed by atoms with Gasteiger partial charge in [-0.2, -0.15) is 0 Å². The highest BCUT2D eigenvalue weighted by Crippen LogP contribution is 2.42. The van der Waals surface area contributed by atoms with Gasteiger partial charge in [-0.05, 0) is 99.1 Å². The smallest absolute Gasteiger partial charge is 0.0620 e. The summed E-state index contributed by atoms with van der Waals surface area (Å²) in [6.07, 6.45) is 0. The van der Waals surface area contributed by atoms with Gasteiger partial charge in [0.2, 0.25) is 0 Å². The maximum atomic E-state index is 2.44. The van der Waals surface area contributed by atoms with Crippen LogP contribution in [-0.4, -0.2) is 4.40 Å². The van der Waals surface area contributed by atoms with E-state index in [0.717, 1.165) is 17.1 Å². The summed E-state index contributed by atoms with van der Waals surface area (Å²) in [7, 11) is 0. The van der Waals surface area contributed by atoms with Crippen molar-refractivity contribution in [2.75, 3.05) is 4.90 Å². The van der Waals surface area contributed by atoms with E-state index in [2.05, 4.69) is 228 Å². The third-order valence-corrected chi connectivity index (χ3v) is 11.4. The van der Waals surface area contributed by atoms with E-state index in [9.17, 15) is 0 Å². The van der Waals surface area contributed by atoms with Crippen LogP contribution in [0.3, 0.4) is 0 Å². The zero-order valence-corrected chi connectivity index (χ0v) is 30.7. The van der Waals surface area contributed by atoms with E-state index in [1.165, 1.54) is 82.6 Å². The maximum absolute atomic E-state index is 2.44. The third kappa shape index (κ3) is 5.26. The van der Waals surface area contributed by atoms with Gasteiger partial charge in [0.15, 0.2) is 0 Å². The van der Waals surface area contributed by atoms with Gasteiger partial charge in [0.25, 0.3) is 0 Å². The van der Waals surface area contributed by atoms with Gasteiger partial charge in [0.05, 0.1) is 16.6 Å². The maximum Gasteiger partial charge on any atom is 0.0620 e. The lowest BCUT2D eigenvalue weighted by atomic mass is 9.93. The van der Waals surface area contributed by atoms with Gasteiger partial charge in [-0.25, -0.2) is 0 Å². The van der Waals surface area contributed by atoms with Crippen molar-refractivity contribution in [2.24, 2.45) is 0 Å². The first-order valence-electron chi connectivity index (χ1n) is 19.3. The summed E-state index contributed by atoms with van der Waals surface area (Å²) in [6, 6.07) is 79.2. The van der Waals surface area contributed by atoms with Gasteiger partial charge in [0.1, 0.15) is 0 Å². The number of nitrogens with zero attached hydrogens (tertiary/aromatic N) is 2. The van der Waals surface area contributed by atoms with Crippen LogP contribution in [0, 0.1) is 0 Å². The molecule has 0 unspecified atom stereocenters. The first-order chi connectivity index (χ1) is 27.8. The molecule has 0 spiro atoms. The molecule has 0 radical (unpaired) electrons. The SMILES string of the molecule is c1ccc(-c2ccc(N(c3ccc(-c4ccccc4)cc3)c3ccc(-c4ccccc4-c4ccc5c(c4)c4cccc6c7ccccc7n5c64)cc3)cc2)cc1. The molecule has 0 saturated heterocycles. The van der Waals surface area contributed by atoms with Crippen molar-refractivity contribution in [1.82, 2.24) is 4.40 Å². The summed E-state index contributed by atoms with van der Waals surface area (Å²) in [6.45, 7) is 0. The number of anilines is 3. The Labute approximate surface area is 326 Å². The first-order valence-corrected chi connectivity index (χ1v) is 19.3. The molecule has 2 nitrogen and oxygen atoms in total. The monoisotopic (exact) mass is 712 g/mol. The quantitative estimate of drug-likeness (QED) is 0.160. The molecule has 0 amide bonds. The van der Waals surface area contributed by atoms with E-state index >= 15 is 0 Å². The highest BCUT2D eigenvalue weighted by atomic mass is 15.1. The molecule has 2 heteroatoms. The molecule has 9 aromatic carbocycles. The number of rotatable bonds is 7. The van der Waals surface area contributed by atoms with Gasteiger partial charge < -0.3 is 9.30 Å². The van der Waals surface area contributed by atoms with Gasteiger partial charge in [-0.3, -0.25) is 0 Å². The van der Waals surface area contributed by atoms with Crippen LogP contribution in [0.25, 0.3) is 82.6 Å². The number of benzene rings is 9. The molecule has 0 atom stereocenters. The largest absolute Gasteiger partial charge is 0.311 e. The third-order valence-electron chi connectivity index (χ3n) is 11.4. The Bertz CT molecular complexity index is 3060. The lowest BCUT2D eigenvalue weighted by molar-refractivity contribution is 1.28. The minimum atomic E-state index is 1.10. The molecule has 0 fully saturated rings. The summed E-state index contributed by atoms with van der Waals surface area (Å²) >= 11 is 0. The number of aromatic nitrogens is 1. The Morgan fingerprint density at radius 3 is 1.27 bits per heavy atom. The Morgan fingerprint density at radius 1 is 0.268 bits per heavy atom. The fraction of sp³-hybridized carbons (Fsp3) is 0. The Balaban J connectivity index is 0.983. The molecule has 0 aliphatic rings. The minimum Gasteiger partial charge on any atom is -0.311 e. The van der Waals surface area contributed by atoms with E-state index in [1.807, 2.05) is 0 Å². The average molecular weight is 713 g/mol. The van der Waals surface area contributed by atoms with Crippen molar-refractivity contribution in [1.29, 1.82) is 0 Å². The summed E-state index contributed by atoms with van der Waals surface area (Å²) in [4.78, 5) is 2.35. The predicted octanol–water partition coefficient (Wildman–Crippen LogP) is 15.0. The molecule has 0 aliphatic carbocycles. The Hall–Kier alpha value is -7.42. The van der Waals surface area contributed by atoms with Crippen LogP contribution in [0.1, 0.15) is 0 Å². The van der Waals surface area contributed by atoms with Crippen molar-refractivity contribution < 1.29 is 0 Å². The normalized spacial score (nSPS) is 11.6. The van der Waals surface area contributed by atoms with E-state index in [-0.39, 0.29) is 0 Å². The Morgan fingerprint density at radius 2 is 0.679 bits per heavy atom. The lowest BCUT2D eigenvalue weighted by Gasteiger charge is -2.26. The second-order valence-electron chi connectivity index (χ2n) is 14.5. The fourth-order valence-corrected chi connectivity index (χ4v) is 8.69. The fourth-order valence-electron chi connectivity index (χ4n) is 8.69. The molecular weight excluding hydrogens is 677 g/mol. The minimum absolute atomic E-state index is 1.10. The zero-order valence-electron chi connectivity index (χ0n) is 30.7. The molecule has 0 N–H and O–H groups in total. The molecule has 0 aliphatic heterocycles. The van der Waals surface area contributed by atoms with Crippen LogP contribution in [-0.2, 0) is 0 Å². The highest BCUT2D eigenvalue weighted by molar-refractivity contribution is 6.23. The Kier molecular flexibility index (Phi) is 7.53. The number of hydrogen-bond acceptors (Lipinski definition) is 1. The van der Waals surface area contributed by atoms with Gasteiger partial charge in [-0.15, -0.1) is 0 Å². The summed E-state index contributed by atoms with van der Waals surface area (Å²) in [5.74, 6) is 0. The second kappa shape index (κ2) is 13.2. The predicted molar refractivity (Wildman–Crippen MR) is 238 cm³/mol. The van der Waals surface area contributed by atoms with Gasteiger partial charge in [-0.1, -0.05) is 164 Å². The summed E-state index contributed by atoms with van der Waals surface area (Å²) in [5.41, 5.74) is 16.8. The number of para-hydroxylation sites is 2. The van der Waals surface area contributed by atoms with Crippen molar-refractivity contribution in [3.8, 4) is 44.5 Å². The van der Waals surface area contributed by atoms with Crippen LogP contribution < -0.4 is 4.90 Å². The van der Waals surface area contributed by atoms with Crippen molar-refractivity contribution >= 4 is 55.2 Å². The molecule has 0 bridgehead atoms. The zero-order chi connectivity index (χ0) is 37.0. The molecule has 2 heterocycles. The van der Waals surface area contributed by atoms with E-state index in [1.54, 1.807) is 0 Å². The van der Waals surface area contributed by atoms with Crippen molar-refractivity contribution in [3.63, 3.8) is 0 Å². The molecule has 0 saturated carbocycles. The number of fused-ring (bicyclic) bond motifs is 6. The number of hydrogen-bond donors (Lipinski definition) is 0. The molecular formula is C54H36N2. The van der Waals surface area contributed by atoms with Crippen LogP contribution in [0.5, 0.6) is 0 Å². The molecule has 11 aromatic rings. The molecule has 56 heavy (non-hydrogen) atoms. The van der Waals surface area contributed by atoms with Crippen molar-refractivity contribution in [2.45, 2.75) is 0 Å². The van der Waals surface area contributed by atoms with Gasteiger partial charge in [0, 0.05) is 38.6 Å². The van der Waals surface area contributed by atoms with Crippen LogP contribution in [0.4, 0.5) is 17.1 Å².